The highest BCUT2D eigenvalue weighted by molar-refractivity contribution is 5.97. The Morgan fingerprint density at radius 1 is 1.24 bits per heavy atom. The van der Waals surface area contributed by atoms with Crippen molar-refractivity contribution in [2.45, 2.75) is 26.4 Å². The zero-order chi connectivity index (χ0) is 26.4. The fraction of sp³-hybridized carbons (Fsp3) is 0.346. The molecule has 0 bridgehead atoms. The van der Waals surface area contributed by atoms with Gasteiger partial charge in [-0.15, -0.1) is 0 Å². The van der Waals surface area contributed by atoms with E-state index in [0.29, 0.717) is 47.4 Å². The summed E-state index contributed by atoms with van der Waals surface area (Å²) in [6.45, 7) is 5.15. The van der Waals surface area contributed by atoms with Crippen LogP contribution in [0.5, 0.6) is 11.5 Å². The Morgan fingerprint density at radius 3 is 2.68 bits per heavy atom. The van der Waals surface area contributed by atoms with Gasteiger partial charge in [0.2, 0.25) is 5.91 Å². The molecule has 2 aromatic carbocycles. The van der Waals surface area contributed by atoms with Gasteiger partial charge < -0.3 is 35.6 Å². The first kappa shape index (κ1) is 26.0. The maximum absolute atomic E-state index is 12.3. The molecule has 0 spiro atoms. The number of amides is 1. The summed E-state index contributed by atoms with van der Waals surface area (Å²) in [5, 5.41) is 8.13. The number of aromatic nitrogens is 2. The van der Waals surface area contributed by atoms with Crippen molar-refractivity contribution in [3.05, 3.63) is 54.6 Å². The molecule has 1 amide bonds. The number of benzene rings is 2. The Kier molecular flexibility index (Phi) is 8.26. The molecular formula is C26H33N7O4. The molecule has 6 N–H and O–H groups in total. The molecule has 0 saturated carbocycles. The molecule has 196 valence electrons. The fourth-order valence-electron chi connectivity index (χ4n) is 3.78. The van der Waals surface area contributed by atoms with Crippen LogP contribution in [-0.4, -0.2) is 53.9 Å². The molecule has 1 fully saturated rings. The van der Waals surface area contributed by atoms with E-state index in [-0.39, 0.29) is 24.5 Å². The van der Waals surface area contributed by atoms with Gasteiger partial charge in [-0.05, 0) is 30.2 Å². The Balaban J connectivity index is 1.44. The van der Waals surface area contributed by atoms with Crippen LogP contribution in [0, 0.1) is 5.92 Å². The number of allylic oxidation sites excluding steroid dienone is 1. The van der Waals surface area contributed by atoms with Gasteiger partial charge in [0.15, 0.2) is 0 Å². The van der Waals surface area contributed by atoms with E-state index in [1.54, 1.807) is 25.4 Å². The third-order valence-electron chi connectivity index (χ3n) is 5.83. The molecule has 4 rings (SSSR count). The summed E-state index contributed by atoms with van der Waals surface area (Å²) in [5.41, 5.74) is 8.59. The summed E-state index contributed by atoms with van der Waals surface area (Å²) in [4.78, 5) is 21.2. The van der Waals surface area contributed by atoms with E-state index < -0.39 is 0 Å². The van der Waals surface area contributed by atoms with Crippen LogP contribution in [0.3, 0.4) is 0 Å². The molecule has 1 aliphatic heterocycles. The maximum atomic E-state index is 12.3. The van der Waals surface area contributed by atoms with Gasteiger partial charge in [0.25, 0.3) is 0 Å². The molecule has 3 aromatic rings. The van der Waals surface area contributed by atoms with Gasteiger partial charge in [-0.25, -0.2) is 15.8 Å². The number of fused-ring (bicyclic) bond motifs is 1. The van der Waals surface area contributed by atoms with Crippen LogP contribution in [0.2, 0.25) is 0 Å². The van der Waals surface area contributed by atoms with Crippen LogP contribution in [0.1, 0.15) is 20.3 Å². The minimum atomic E-state index is -0.260. The van der Waals surface area contributed by atoms with Crippen LogP contribution in [0.25, 0.3) is 10.9 Å². The Bertz CT molecular complexity index is 1260. The van der Waals surface area contributed by atoms with Crippen molar-refractivity contribution in [1.82, 2.24) is 15.0 Å². The lowest BCUT2D eigenvalue weighted by atomic mass is 10.1. The Hall–Kier alpha value is -4.09. The summed E-state index contributed by atoms with van der Waals surface area (Å²) in [6.07, 6.45) is 3.92. The molecule has 1 atom stereocenters. The van der Waals surface area contributed by atoms with E-state index >= 15 is 0 Å². The molecule has 1 aliphatic rings. The standard InChI is InChI=1S/C26H33N7O4/c1-16(2)21(27)12-33(28)13-24(34)31-17-4-6-18(7-5-17)32-26-25-22(29-15-30-26)10-20(11-23(25)35-3)37-19-8-9-36-14-19/h4-7,10-12,15-16,19H,8-9,13-14,27-28H2,1-3H3,(H,31,34)(H,29,30,32)/b21-12-/t19-/m0/s1. The number of nitrogens with one attached hydrogen (secondary N) is 2. The van der Waals surface area contributed by atoms with Crippen LogP contribution < -0.4 is 31.7 Å². The predicted octanol–water partition coefficient (Wildman–Crippen LogP) is 3.12. The van der Waals surface area contributed by atoms with E-state index in [0.717, 1.165) is 17.5 Å². The monoisotopic (exact) mass is 507 g/mol. The average molecular weight is 508 g/mol. The van der Waals surface area contributed by atoms with Gasteiger partial charge in [-0.3, -0.25) is 4.79 Å². The zero-order valence-corrected chi connectivity index (χ0v) is 21.2. The number of hydrogen-bond acceptors (Lipinski definition) is 10. The van der Waals surface area contributed by atoms with Gasteiger partial charge in [0.05, 0.1) is 31.2 Å². The second kappa shape index (κ2) is 11.8. The van der Waals surface area contributed by atoms with Crippen molar-refractivity contribution in [2.24, 2.45) is 17.5 Å². The lowest BCUT2D eigenvalue weighted by Gasteiger charge is -2.17. The highest BCUT2D eigenvalue weighted by Crippen LogP contribution is 2.36. The number of nitrogens with zero attached hydrogens (tertiary/aromatic N) is 3. The Morgan fingerprint density at radius 2 is 2.00 bits per heavy atom. The Labute approximate surface area is 215 Å². The lowest BCUT2D eigenvalue weighted by molar-refractivity contribution is -0.116. The van der Waals surface area contributed by atoms with Crippen molar-refractivity contribution in [2.75, 3.05) is 37.5 Å². The molecule has 2 heterocycles. The molecule has 0 unspecified atom stereocenters. The number of nitrogens with two attached hydrogens (primary N) is 2. The summed E-state index contributed by atoms with van der Waals surface area (Å²) in [7, 11) is 1.60. The summed E-state index contributed by atoms with van der Waals surface area (Å²) < 4.78 is 17.1. The van der Waals surface area contributed by atoms with Crippen LogP contribution in [-0.2, 0) is 9.53 Å². The zero-order valence-electron chi connectivity index (χ0n) is 21.2. The number of carbonyl (C=O) groups is 1. The average Bonchev–Trinajstić information content (AvgIpc) is 3.37. The molecule has 11 heteroatoms. The number of hydrogen-bond donors (Lipinski definition) is 4. The molecule has 1 aromatic heterocycles. The van der Waals surface area contributed by atoms with Gasteiger partial charge in [-0.1, -0.05) is 13.8 Å². The minimum Gasteiger partial charge on any atom is -0.496 e. The molecule has 37 heavy (non-hydrogen) atoms. The SMILES string of the molecule is COc1cc(O[C@H]2CCOC2)cc2ncnc(Nc3ccc(NC(=O)CN(N)/C=C(\N)C(C)C)cc3)c12. The number of ether oxygens (including phenoxy) is 3. The molecular weight excluding hydrogens is 474 g/mol. The molecule has 1 saturated heterocycles. The number of carbonyl (C=O) groups excluding carboxylic acids is 1. The summed E-state index contributed by atoms with van der Waals surface area (Å²) in [5.74, 6) is 7.60. The number of hydrazine groups is 1. The smallest absolute Gasteiger partial charge is 0.245 e. The summed E-state index contributed by atoms with van der Waals surface area (Å²) in [6, 6.07) is 10.9. The largest absolute Gasteiger partial charge is 0.496 e. The van der Waals surface area contributed by atoms with Gasteiger partial charge >= 0.3 is 0 Å². The lowest BCUT2D eigenvalue weighted by Crippen LogP contribution is -2.35. The minimum absolute atomic E-state index is 0.0168. The number of methoxy groups -OCH3 is 1. The second-order valence-electron chi connectivity index (χ2n) is 9.05. The van der Waals surface area contributed by atoms with E-state index in [4.69, 9.17) is 25.8 Å². The van der Waals surface area contributed by atoms with Crippen molar-refractivity contribution in [3.63, 3.8) is 0 Å². The quantitative estimate of drug-likeness (QED) is 0.238. The molecule has 11 nitrogen and oxygen atoms in total. The number of rotatable bonds is 10. The third-order valence-corrected chi connectivity index (χ3v) is 5.83. The van der Waals surface area contributed by atoms with Crippen molar-refractivity contribution in [3.8, 4) is 11.5 Å². The van der Waals surface area contributed by atoms with Crippen molar-refractivity contribution in [1.29, 1.82) is 0 Å². The number of anilines is 3. The first-order chi connectivity index (χ1) is 17.8. The highest BCUT2D eigenvalue weighted by atomic mass is 16.5. The van der Waals surface area contributed by atoms with E-state index in [1.165, 1.54) is 11.3 Å². The summed E-state index contributed by atoms with van der Waals surface area (Å²) >= 11 is 0. The van der Waals surface area contributed by atoms with Crippen molar-refractivity contribution >= 4 is 34.0 Å². The first-order valence-electron chi connectivity index (χ1n) is 12.0. The van der Waals surface area contributed by atoms with Crippen LogP contribution in [0.15, 0.2) is 54.6 Å². The second-order valence-corrected chi connectivity index (χ2v) is 9.05. The third kappa shape index (κ3) is 6.78. The van der Waals surface area contributed by atoms with Crippen LogP contribution in [0.4, 0.5) is 17.2 Å². The van der Waals surface area contributed by atoms with E-state index in [2.05, 4.69) is 20.6 Å². The van der Waals surface area contributed by atoms with E-state index in [1.807, 2.05) is 38.1 Å². The first-order valence-corrected chi connectivity index (χ1v) is 12.0. The van der Waals surface area contributed by atoms with E-state index in [9.17, 15) is 4.79 Å². The fourth-order valence-corrected chi connectivity index (χ4v) is 3.78. The highest BCUT2D eigenvalue weighted by Gasteiger charge is 2.19. The predicted molar refractivity (Wildman–Crippen MR) is 142 cm³/mol. The molecule has 0 radical (unpaired) electrons. The van der Waals surface area contributed by atoms with Gasteiger partial charge in [0.1, 0.15) is 36.3 Å². The maximum Gasteiger partial charge on any atom is 0.245 e. The normalized spacial score (nSPS) is 15.6. The topological polar surface area (TPSA) is 150 Å². The molecule has 0 aliphatic carbocycles. The van der Waals surface area contributed by atoms with Crippen LogP contribution >= 0.6 is 0 Å². The van der Waals surface area contributed by atoms with Gasteiger partial charge in [0, 0.05) is 41.8 Å². The van der Waals surface area contributed by atoms with Gasteiger partial charge in [-0.2, -0.15) is 0 Å². The van der Waals surface area contributed by atoms with Crippen molar-refractivity contribution < 1.29 is 19.0 Å².